The predicted octanol–water partition coefficient (Wildman–Crippen LogP) is 1.97. The van der Waals surface area contributed by atoms with E-state index >= 15 is 0 Å². The van der Waals surface area contributed by atoms with E-state index in [4.69, 9.17) is 5.41 Å². The molecule has 0 saturated carbocycles. The number of aromatic hydroxyl groups is 1. The van der Waals surface area contributed by atoms with Gasteiger partial charge in [0.05, 0.1) is 4.90 Å². The third kappa shape index (κ3) is 2.44. The molecule has 102 valence electrons. The van der Waals surface area contributed by atoms with Crippen molar-refractivity contribution in [1.29, 1.82) is 5.41 Å². The topological polar surface area (TPSA) is 78.2 Å². The van der Waals surface area contributed by atoms with Crippen LogP contribution in [0, 0.1) is 18.3 Å². The van der Waals surface area contributed by atoms with Crippen LogP contribution in [0.3, 0.4) is 0 Å². The van der Waals surface area contributed by atoms with Gasteiger partial charge >= 0.3 is 0 Å². The van der Waals surface area contributed by atoms with Crippen LogP contribution in [0.4, 0.5) is 0 Å². The molecule has 19 heavy (non-hydrogen) atoms. The van der Waals surface area contributed by atoms with Crippen LogP contribution in [-0.4, -0.2) is 19.4 Å². The molecule has 0 radical (unpaired) electrons. The average molecular weight is 279 g/mol. The summed E-state index contributed by atoms with van der Waals surface area (Å²) in [6.07, 6.45) is 2.19. The van der Waals surface area contributed by atoms with Gasteiger partial charge in [-0.15, -0.1) is 0 Å². The van der Waals surface area contributed by atoms with Gasteiger partial charge in [0.2, 0.25) is 0 Å². The summed E-state index contributed by atoms with van der Waals surface area (Å²) < 4.78 is 22.9. The van der Waals surface area contributed by atoms with E-state index in [9.17, 15) is 13.5 Å². The number of fused-ring (bicyclic) bond motifs is 1. The molecular formula is C14H17NO3S. The fourth-order valence-electron chi connectivity index (χ4n) is 2.71. The lowest BCUT2D eigenvalue weighted by molar-refractivity contribution is 0.460. The molecule has 1 atom stereocenters. The zero-order valence-electron chi connectivity index (χ0n) is 11.0. The van der Waals surface area contributed by atoms with Crippen molar-refractivity contribution in [3.8, 4) is 5.75 Å². The van der Waals surface area contributed by atoms with Crippen LogP contribution >= 0.6 is 0 Å². The summed E-state index contributed by atoms with van der Waals surface area (Å²) in [5.41, 5.74) is 2.99. The number of hydrogen-bond acceptors (Lipinski definition) is 4. The highest BCUT2D eigenvalue weighted by Gasteiger charge is 2.25. The molecule has 0 saturated heterocycles. The smallest absolute Gasteiger partial charge is 0.168 e. The summed E-state index contributed by atoms with van der Waals surface area (Å²) in [4.78, 5) is 0.257. The molecule has 1 aliphatic rings. The molecule has 2 N–H and O–H groups in total. The fourth-order valence-corrected chi connectivity index (χ4v) is 3.55. The Morgan fingerprint density at radius 1 is 1.53 bits per heavy atom. The number of benzene rings is 1. The molecule has 0 heterocycles. The van der Waals surface area contributed by atoms with E-state index in [1.165, 1.54) is 0 Å². The normalized spacial score (nSPS) is 17.9. The molecule has 0 bridgehead atoms. The Morgan fingerprint density at radius 2 is 2.21 bits per heavy atom. The maximum Gasteiger partial charge on any atom is 0.168 e. The second kappa shape index (κ2) is 5.19. The largest absolute Gasteiger partial charge is 0.508 e. The van der Waals surface area contributed by atoms with Crippen molar-refractivity contribution >= 4 is 16.6 Å². The Balaban J connectivity index is 2.60. The number of thiol groups is 1. The molecule has 0 aromatic heterocycles. The van der Waals surface area contributed by atoms with Crippen molar-refractivity contribution in [2.75, 3.05) is 0 Å². The number of allylic oxidation sites excluding steroid dienone is 1. The minimum atomic E-state index is -2.73. The van der Waals surface area contributed by atoms with Crippen LogP contribution in [0.5, 0.6) is 5.75 Å². The van der Waals surface area contributed by atoms with Crippen molar-refractivity contribution in [3.63, 3.8) is 0 Å². The first-order valence-electron chi connectivity index (χ1n) is 6.20. The van der Waals surface area contributed by atoms with E-state index in [1.54, 1.807) is 13.0 Å². The van der Waals surface area contributed by atoms with Crippen molar-refractivity contribution in [2.24, 2.45) is 5.92 Å². The van der Waals surface area contributed by atoms with Gasteiger partial charge in [0.25, 0.3) is 0 Å². The van der Waals surface area contributed by atoms with E-state index in [1.807, 2.05) is 6.92 Å². The first-order chi connectivity index (χ1) is 8.95. The van der Waals surface area contributed by atoms with Gasteiger partial charge in [-0.1, -0.05) is 0 Å². The van der Waals surface area contributed by atoms with Gasteiger partial charge < -0.3 is 5.11 Å². The lowest BCUT2D eigenvalue weighted by Gasteiger charge is -2.26. The Hall–Kier alpha value is -1.58. The van der Waals surface area contributed by atoms with Crippen LogP contribution in [0.2, 0.25) is 0 Å². The van der Waals surface area contributed by atoms with E-state index < -0.39 is 10.7 Å². The zero-order valence-corrected chi connectivity index (χ0v) is 11.9. The molecule has 1 unspecified atom stereocenters. The van der Waals surface area contributed by atoms with Gasteiger partial charge in [0.15, 0.2) is 10.7 Å². The monoisotopic (exact) mass is 279 g/mol. The molecule has 5 heteroatoms. The molecule has 1 aromatic carbocycles. The molecule has 0 fully saturated rings. The summed E-state index contributed by atoms with van der Waals surface area (Å²) in [7, 11) is -2.73. The van der Waals surface area contributed by atoms with Crippen LogP contribution in [-0.2, 0) is 23.5 Å². The fraction of sp³-hybridized carbons (Fsp3) is 0.429. The maximum absolute atomic E-state index is 11.5. The minimum absolute atomic E-state index is 0.0470. The Labute approximate surface area is 114 Å². The third-order valence-electron chi connectivity index (χ3n) is 3.93. The van der Waals surface area contributed by atoms with Crippen molar-refractivity contribution in [3.05, 3.63) is 28.3 Å². The first-order valence-corrected chi connectivity index (χ1v) is 7.38. The van der Waals surface area contributed by atoms with Gasteiger partial charge in [0.1, 0.15) is 5.75 Å². The van der Waals surface area contributed by atoms with Gasteiger partial charge in [-0.2, -0.15) is 0 Å². The number of nitrogens with one attached hydrogen (secondary N) is 1. The SMILES string of the molecule is CC(=C=N)C1CCc2cc(O)c(C)c([SH](=O)=O)c2C1. The van der Waals surface area contributed by atoms with Crippen LogP contribution in [0.15, 0.2) is 16.5 Å². The summed E-state index contributed by atoms with van der Waals surface area (Å²) in [6, 6.07) is 1.67. The van der Waals surface area contributed by atoms with Crippen LogP contribution in [0.25, 0.3) is 0 Å². The first kappa shape index (κ1) is 13.8. The highest BCUT2D eigenvalue weighted by atomic mass is 32.2. The summed E-state index contributed by atoms with van der Waals surface area (Å²) in [6.45, 7) is 3.48. The van der Waals surface area contributed by atoms with E-state index in [2.05, 4.69) is 5.87 Å². The number of aryl methyl sites for hydroxylation is 1. The molecule has 1 aliphatic carbocycles. The summed E-state index contributed by atoms with van der Waals surface area (Å²) >= 11 is 0. The molecule has 1 aromatic rings. The maximum atomic E-state index is 11.5. The van der Waals surface area contributed by atoms with Crippen LogP contribution < -0.4 is 0 Å². The molecule has 0 aliphatic heterocycles. The second-order valence-electron chi connectivity index (χ2n) is 5.01. The summed E-state index contributed by atoms with van der Waals surface area (Å²) in [5.74, 6) is 2.62. The van der Waals surface area contributed by atoms with Crippen molar-refractivity contribution in [1.82, 2.24) is 0 Å². The quantitative estimate of drug-likeness (QED) is 0.572. The minimum Gasteiger partial charge on any atom is -0.508 e. The average Bonchev–Trinajstić information content (AvgIpc) is 2.38. The van der Waals surface area contributed by atoms with Crippen LogP contribution in [0.1, 0.15) is 30.0 Å². The van der Waals surface area contributed by atoms with Crippen molar-refractivity contribution in [2.45, 2.75) is 38.0 Å². The standard InChI is InChI=1S/C14H17NO3S/c1-8(7-15)10-3-4-11-6-13(16)9(2)14(19(17)18)12(11)5-10/h6,10,15-16,19H,3-5H2,1-2H3. The number of phenols is 1. The third-order valence-corrected chi connectivity index (χ3v) is 4.90. The number of phenolic OH excluding ortho intramolecular Hbond substituents is 1. The lowest BCUT2D eigenvalue weighted by Crippen LogP contribution is -2.17. The molecule has 2 rings (SSSR count). The predicted molar refractivity (Wildman–Crippen MR) is 73.9 cm³/mol. The van der Waals surface area contributed by atoms with Gasteiger partial charge in [-0.25, -0.2) is 8.42 Å². The lowest BCUT2D eigenvalue weighted by atomic mass is 9.80. The van der Waals surface area contributed by atoms with E-state index in [0.29, 0.717) is 12.0 Å². The summed E-state index contributed by atoms with van der Waals surface area (Å²) in [5, 5.41) is 17.0. The Bertz CT molecular complexity index is 647. The van der Waals surface area contributed by atoms with E-state index in [0.717, 1.165) is 29.5 Å². The van der Waals surface area contributed by atoms with E-state index in [-0.39, 0.29) is 16.6 Å². The number of rotatable bonds is 2. The Morgan fingerprint density at radius 3 is 2.79 bits per heavy atom. The van der Waals surface area contributed by atoms with Gasteiger partial charge in [0, 0.05) is 5.56 Å². The highest BCUT2D eigenvalue weighted by Crippen LogP contribution is 2.36. The van der Waals surface area contributed by atoms with Crippen molar-refractivity contribution < 1.29 is 13.5 Å². The molecule has 4 nitrogen and oxygen atoms in total. The van der Waals surface area contributed by atoms with Gasteiger partial charge in [-0.3, -0.25) is 5.41 Å². The number of hydrogen-bond donors (Lipinski definition) is 3. The van der Waals surface area contributed by atoms with Gasteiger partial charge in [-0.05, 0) is 67.7 Å². The molecule has 0 amide bonds. The Kier molecular flexibility index (Phi) is 3.78. The molecule has 0 spiro atoms. The highest BCUT2D eigenvalue weighted by molar-refractivity contribution is 7.72. The second-order valence-corrected chi connectivity index (χ2v) is 5.97. The zero-order chi connectivity index (χ0) is 14.2. The molecular weight excluding hydrogens is 262 g/mol.